The molecule has 0 aliphatic heterocycles. The van der Waals surface area contributed by atoms with E-state index in [0.717, 1.165) is 10.6 Å². The van der Waals surface area contributed by atoms with Gasteiger partial charge in [0.1, 0.15) is 0 Å². The van der Waals surface area contributed by atoms with E-state index in [9.17, 15) is 0 Å². The summed E-state index contributed by atoms with van der Waals surface area (Å²) in [6.45, 7) is 2.00. The van der Waals surface area contributed by atoms with Crippen molar-refractivity contribution in [2.24, 2.45) is 0 Å². The Morgan fingerprint density at radius 1 is 1.50 bits per heavy atom. The molecule has 0 saturated carbocycles. The van der Waals surface area contributed by atoms with E-state index in [1.54, 1.807) is 0 Å². The summed E-state index contributed by atoms with van der Waals surface area (Å²) in [7, 11) is 0. The lowest BCUT2D eigenvalue weighted by atomic mass is 9.99. The zero-order valence-corrected chi connectivity index (χ0v) is 7.67. The monoisotopic (exact) mass is 179 g/mol. The SMILES string of the molecule is CC(CC#N)c1ccccc1Cl. The second-order valence-corrected chi connectivity index (χ2v) is 3.19. The molecular formula is C10H10ClN. The van der Waals surface area contributed by atoms with Crippen LogP contribution in [0.15, 0.2) is 24.3 Å². The van der Waals surface area contributed by atoms with E-state index in [1.807, 2.05) is 31.2 Å². The Kier molecular flexibility index (Phi) is 3.13. The average Bonchev–Trinajstić information content (AvgIpc) is 2.05. The summed E-state index contributed by atoms with van der Waals surface area (Å²) >= 11 is 5.95. The lowest BCUT2D eigenvalue weighted by Gasteiger charge is -2.08. The molecule has 0 N–H and O–H groups in total. The molecule has 2 heteroatoms. The molecule has 62 valence electrons. The van der Waals surface area contributed by atoms with Crippen molar-refractivity contribution in [1.29, 1.82) is 5.26 Å². The van der Waals surface area contributed by atoms with E-state index in [4.69, 9.17) is 16.9 Å². The van der Waals surface area contributed by atoms with Gasteiger partial charge in [0.25, 0.3) is 0 Å². The standard InChI is InChI=1S/C10H10ClN/c1-8(6-7-12)9-4-2-3-5-10(9)11/h2-5,8H,6H2,1H3. The molecule has 1 atom stereocenters. The minimum atomic E-state index is 0.226. The van der Waals surface area contributed by atoms with Gasteiger partial charge < -0.3 is 0 Å². The molecular weight excluding hydrogens is 170 g/mol. The van der Waals surface area contributed by atoms with Crippen LogP contribution in [0.2, 0.25) is 5.02 Å². The van der Waals surface area contributed by atoms with Gasteiger partial charge in [0.2, 0.25) is 0 Å². The topological polar surface area (TPSA) is 23.8 Å². The van der Waals surface area contributed by atoms with Crippen LogP contribution in [0.4, 0.5) is 0 Å². The first-order valence-corrected chi connectivity index (χ1v) is 4.25. The molecule has 0 bridgehead atoms. The number of halogens is 1. The van der Waals surface area contributed by atoms with Crippen LogP contribution in [-0.2, 0) is 0 Å². The van der Waals surface area contributed by atoms with Crippen LogP contribution < -0.4 is 0 Å². The molecule has 1 nitrogen and oxygen atoms in total. The second kappa shape index (κ2) is 4.13. The largest absolute Gasteiger partial charge is 0.198 e. The highest BCUT2D eigenvalue weighted by molar-refractivity contribution is 6.31. The first-order valence-electron chi connectivity index (χ1n) is 3.87. The number of nitrogens with zero attached hydrogens (tertiary/aromatic N) is 1. The molecule has 0 spiro atoms. The molecule has 0 amide bonds. The molecule has 1 aromatic rings. The Bertz CT molecular complexity index is 301. The molecule has 1 unspecified atom stereocenters. The van der Waals surface area contributed by atoms with Crippen molar-refractivity contribution in [3.8, 4) is 6.07 Å². The zero-order chi connectivity index (χ0) is 8.97. The fraction of sp³-hybridized carbons (Fsp3) is 0.300. The Morgan fingerprint density at radius 2 is 2.17 bits per heavy atom. The molecule has 0 heterocycles. The molecule has 0 saturated heterocycles. The molecule has 0 fully saturated rings. The third-order valence-electron chi connectivity index (χ3n) is 1.83. The smallest absolute Gasteiger partial charge is 0.0628 e. The van der Waals surface area contributed by atoms with Crippen molar-refractivity contribution < 1.29 is 0 Å². The summed E-state index contributed by atoms with van der Waals surface area (Å²) in [5, 5.41) is 9.25. The highest BCUT2D eigenvalue weighted by atomic mass is 35.5. The van der Waals surface area contributed by atoms with Crippen molar-refractivity contribution >= 4 is 11.6 Å². The average molecular weight is 180 g/mol. The lowest BCUT2D eigenvalue weighted by molar-refractivity contribution is 0.789. The maximum Gasteiger partial charge on any atom is 0.0628 e. The van der Waals surface area contributed by atoms with E-state index in [2.05, 4.69) is 6.07 Å². The first-order chi connectivity index (χ1) is 5.75. The van der Waals surface area contributed by atoms with Gasteiger partial charge in [0.05, 0.1) is 6.07 Å². The fourth-order valence-electron chi connectivity index (χ4n) is 1.12. The Hall–Kier alpha value is -1.00. The number of rotatable bonds is 2. The lowest BCUT2D eigenvalue weighted by Crippen LogP contribution is -1.92. The van der Waals surface area contributed by atoms with Crippen LogP contribution in [-0.4, -0.2) is 0 Å². The summed E-state index contributed by atoms with van der Waals surface area (Å²) in [4.78, 5) is 0. The summed E-state index contributed by atoms with van der Waals surface area (Å²) in [5.74, 6) is 0.226. The van der Waals surface area contributed by atoms with Gasteiger partial charge in [-0.05, 0) is 17.5 Å². The molecule has 12 heavy (non-hydrogen) atoms. The summed E-state index contributed by atoms with van der Waals surface area (Å²) in [5.41, 5.74) is 1.06. The van der Waals surface area contributed by atoms with E-state index >= 15 is 0 Å². The Morgan fingerprint density at radius 3 is 2.75 bits per heavy atom. The molecule has 0 aromatic heterocycles. The van der Waals surface area contributed by atoms with Crippen molar-refractivity contribution in [2.45, 2.75) is 19.3 Å². The van der Waals surface area contributed by atoms with Crippen LogP contribution >= 0.6 is 11.6 Å². The van der Waals surface area contributed by atoms with Crippen molar-refractivity contribution in [3.05, 3.63) is 34.9 Å². The van der Waals surface area contributed by atoms with E-state index in [0.29, 0.717) is 6.42 Å². The van der Waals surface area contributed by atoms with E-state index < -0.39 is 0 Å². The number of benzene rings is 1. The third-order valence-corrected chi connectivity index (χ3v) is 2.18. The summed E-state index contributed by atoms with van der Waals surface area (Å²) < 4.78 is 0. The molecule has 1 rings (SSSR count). The van der Waals surface area contributed by atoms with Gasteiger partial charge in [-0.25, -0.2) is 0 Å². The minimum Gasteiger partial charge on any atom is -0.198 e. The maximum absolute atomic E-state index is 8.50. The van der Waals surface area contributed by atoms with Crippen molar-refractivity contribution in [2.75, 3.05) is 0 Å². The Balaban J connectivity index is 2.88. The number of hydrogen-bond donors (Lipinski definition) is 0. The van der Waals surface area contributed by atoms with Gasteiger partial charge in [0, 0.05) is 11.4 Å². The summed E-state index contributed by atoms with van der Waals surface area (Å²) in [6.07, 6.45) is 0.518. The number of nitriles is 1. The molecule has 1 aromatic carbocycles. The predicted molar refractivity (Wildman–Crippen MR) is 50.1 cm³/mol. The van der Waals surface area contributed by atoms with Crippen LogP contribution in [0, 0.1) is 11.3 Å². The van der Waals surface area contributed by atoms with Crippen LogP contribution in [0.3, 0.4) is 0 Å². The van der Waals surface area contributed by atoms with Crippen LogP contribution in [0.25, 0.3) is 0 Å². The molecule has 0 aliphatic rings. The predicted octanol–water partition coefficient (Wildman–Crippen LogP) is 3.36. The van der Waals surface area contributed by atoms with Crippen molar-refractivity contribution in [1.82, 2.24) is 0 Å². The van der Waals surface area contributed by atoms with Crippen molar-refractivity contribution in [3.63, 3.8) is 0 Å². The maximum atomic E-state index is 8.50. The van der Waals surface area contributed by atoms with E-state index in [1.165, 1.54) is 0 Å². The Labute approximate surface area is 77.6 Å². The van der Waals surface area contributed by atoms with E-state index in [-0.39, 0.29) is 5.92 Å². The molecule has 0 aliphatic carbocycles. The molecule has 0 radical (unpaired) electrons. The van der Waals surface area contributed by atoms with Gasteiger partial charge in [0.15, 0.2) is 0 Å². The third kappa shape index (κ3) is 1.99. The van der Waals surface area contributed by atoms with Gasteiger partial charge in [-0.3, -0.25) is 0 Å². The van der Waals surface area contributed by atoms with Crippen LogP contribution in [0.1, 0.15) is 24.8 Å². The number of hydrogen-bond acceptors (Lipinski definition) is 1. The minimum absolute atomic E-state index is 0.226. The van der Waals surface area contributed by atoms with Gasteiger partial charge in [-0.2, -0.15) is 5.26 Å². The second-order valence-electron chi connectivity index (χ2n) is 2.78. The van der Waals surface area contributed by atoms with Crippen LogP contribution in [0.5, 0.6) is 0 Å². The fourth-order valence-corrected chi connectivity index (χ4v) is 1.44. The quantitative estimate of drug-likeness (QED) is 0.683. The van der Waals surface area contributed by atoms with Gasteiger partial charge in [-0.15, -0.1) is 0 Å². The normalized spacial score (nSPS) is 12.1. The highest BCUT2D eigenvalue weighted by Crippen LogP contribution is 2.25. The first kappa shape index (κ1) is 9.09. The summed E-state index contributed by atoms with van der Waals surface area (Å²) in [6, 6.07) is 9.78. The zero-order valence-electron chi connectivity index (χ0n) is 6.92. The van der Waals surface area contributed by atoms with Gasteiger partial charge in [-0.1, -0.05) is 36.7 Å². The van der Waals surface area contributed by atoms with Gasteiger partial charge >= 0.3 is 0 Å². The highest BCUT2D eigenvalue weighted by Gasteiger charge is 2.07.